The molecule has 0 aliphatic carbocycles. The lowest BCUT2D eigenvalue weighted by atomic mass is 9.80. The number of hydrogen-bond donors (Lipinski definition) is 3. The molecule has 1 aromatic heterocycles. The second-order valence-electron chi connectivity index (χ2n) is 10.3. The highest BCUT2D eigenvalue weighted by Crippen LogP contribution is 2.32. The fourth-order valence-electron chi connectivity index (χ4n) is 4.96. The third-order valence-corrected chi connectivity index (χ3v) is 6.97. The maximum atomic E-state index is 4.93. The molecule has 1 fully saturated rings. The molecule has 184 valence electrons. The molecule has 7 heteroatoms. The number of hydrogen-bond acceptors (Lipinski definition) is 7. The summed E-state index contributed by atoms with van der Waals surface area (Å²) in [6.07, 6.45) is 3.88. The van der Waals surface area contributed by atoms with E-state index >= 15 is 0 Å². The van der Waals surface area contributed by atoms with Crippen LogP contribution < -0.4 is 16.1 Å². The number of hydroxylamine groups is 1. The van der Waals surface area contributed by atoms with Crippen molar-refractivity contribution in [2.75, 3.05) is 12.4 Å². The predicted octanol–water partition coefficient (Wildman–Crippen LogP) is 6.14. The van der Waals surface area contributed by atoms with Crippen LogP contribution in [0.3, 0.4) is 0 Å². The molecule has 4 rings (SSSR count). The highest BCUT2D eigenvalue weighted by molar-refractivity contribution is 7.99. The molecule has 0 bridgehead atoms. The van der Waals surface area contributed by atoms with Gasteiger partial charge in [-0.3, -0.25) is 10.3 Å². The molecule has 0 spiro atoms. The molecule has 3 N–H and O–H groups in total. The normalized spacial score (nSPS) is 17.1. The average Bonchev–Trinajstić information content (AvgIpc) is 2.78. The lowest BCUT2D eigenvalue weighted by Gasteiger charge is -2.46. The number of benzene rings is 2. The highest BCUT2D eigenvalue weighted by Gasteiger charge is 2.37. The van der Waals surface area contributed by atoms with Gasteiger partial charge in [0.05, 0.1) is 12.8 Å². The lowest BCUT2D eigenvalue weighted by Crippen LogP contribution is -2.60. The van der Waals surface area contributed by atoms with Gasteiger partial charge in [-0.15, -0.1) is 0 Å². The number of nitrogens with one attached hydrogen (secondary N) is 3. The van der Waals surface area contributed by atoms with Crippen molar-refractivity contribution in [2.24, 2.45) is 0 Å². The number of anilines is 1. The second kappa shape index (κ2) is 10.4. The first-order chi connectivity index (χ1) is 16.6. The standard InChI is InChI=1S/C28H35N5OS/c1-19(32-34-6)20-7-9-21(10-8-20)22-11-13-24(14-12-22)35-25-15-16-29-26(31-25)30-23-17-27(2,3)33-28(4,5)18-23/h7-16,23,32-33H,1,17-18H2,2-6H3,(H,29,30,31). The molecular formula is C28H35N5OS. The van der Waals surface area contributed by atoms with Crippen LogP contribution in [0.2, 0.25) is 0 Å². The van der Waals surface area contributed by atoms with Gasteiger partial charge in [0.1, 0.15) is 5.03 Å². The second-order valence-corrected chi connectivity index (χ2v) is 11.4. The molecule has 2 heterocycles. The van der Waals surface area contributed by atoms with Crippen LogP contribution in [-0.2, 0) is 4.84 Å². The maximum absolute atomic E-state index is 4.93. The molecule has 35 heavy (non-hydrogen) atoms. The quantitative estimate of drug-likeness (QED) is 0.259. The van der Waals surface area contributed by atoms with Crippen LogP contribution in [0.25, 0.3) is 16.8 Å². The van der Waals surface area contributed by atoms with E-state index in [0.717, 1.165) is 45.2 Å². The van der Waals surface area contributed by atoms with Crippen LogP contribution in [0.1, 0.15) is 46.1 Å². The Morgan fingerprint density at radius 1 is 0.971 bits per heavy atom. The molecule has 1 saturated heterocycles. The molecule has 1 aliphatic heterocycles. The summed E-state index contributed by atoms with van der Waals surface area (Å²) >= 11 is 1.64. The molecule has 0 atom stereocenters. The van der Waals surface area contributed by atoms with Crippen molar-refractivity contribution < 1.29 is 4.84 Å². The van der Waals surface area contributed by atoms with E-state index in [1.807, 2.05) is 24.4 Å². The van der Waals surface area contributed by atoms with E-state index < -0.39 is 0 Å². The first-order valence-corrected chi connectivity index (χ1v) is 12.7. The maximum Gasteiger partial charge on any atom is 0.223 e. The largest absolute Gasteiger partial charge is 0.351 e. The van der Waals surface area contributed by atoms with Crippen molar-refractivity contribution in [3.63, 3.8) is 0 Å². The minimum absolute atomic E-state index is 0.0721. The zero-order valence-electron chi connectivity index (χ0n) is 21.2. The van der Waals surface area contributed by atoms with Gasteiger partial charge < -0.3 is 10.6 Å². The topological polar surface area (TPSA) is 71.1 Å². The Morgan fingerprint density at radius 2 is 1.57 bits per heavy atom. The number of piperidine rings is 1. The van der Waals surface area contributed by atoms with E-state index in [1.54, 1.807) is 18.9 Å². The summed E-state index contributed by atoms with van der Waals surface area (Å²) < 4.78 is 0. The summed E-state index contributed by atoms with van der Waals surface area (Å²) in [6, 6.07) is 19.1. The summed E-state index contributed by atoms with van der Waals surface area (Å²) in [6.45, 7) is 13.0. The number of rotatable bonds is 8. The predicted molar refractivity (Wildman–Crippen MR) is 145 cm³/mol. The molecule has 0 saturated carbocycles. The molecule has 6 nitrogen and oxygen atoms in total. The zero-order valence-corrected chi connectivity index (χ0v) is 22.0. The summed E-state index contributed by atoms with van der Waals surface area (Å²) in [5.74, 6) is 0.690. The summed E-state index contributed by atoms with van der Waals surface area (Å²) in [5, 5.41) is 8.23. The van der Waals surface area contributed by atoms with Gasteiger partial charge in [-0.25, -0.2) is 9.97 Å². The molecule has 1 aliphatic rings. The van der Waals surface area contributed by atoms with Gasteiger partial charge in [-0.05, 0) is 75.4 Å². The zero-order chi connectivity index (χ0) is 25.1. The smallest absolute Gasteiger partial charge is 0.223 e. The molecule has 0 unspecified atom stereocenters. The SMILES string of the molecule is C=C(NOC)c1ccc(-c2ccc(Sc3ccnc(NC4CC(C)(C)NC(C)(C)C4)n3)cc2)cc1. The Labute approximate surface area is 213 Å². The number of aromatic nitrogens is 2. The summed E-state index contributed by atoms with van der Waals surface area (Å²) in [5.41, 5.74) is 6.95. The highest BCUT2D eigenvalue weighted by atomic mass is 32.2. The van der Waals surface area contributed by atoms with Crippen LogP contribution in [-0.4, -0.2) is 34.2 Å². The van der Waals surface area contributed by atoms with Crippen LogP contribution in [0, 0.1) is 0 Å². The van der Waals surface area contributed by atoms with E-state index in [2.05, 4.69) is 91.8 Å². The van der Waals surface area contributed by atoms with Gasteiger partial charge >= 0.3 is 0 Å². The minimum Gasteiger partial charge on any atom is -0.351 e. The van der Waals surface area contributed by atoms with Crippen molar-refractivity contribution in [1.82, 2.24) is 20.8 Å². The lowest BCUT2D eigenvalue weighted by molar-refractivity contribution is 0.137. The Morgan fingerprint density at radius 3 is 2.17 bits per heavy atom. The Balaban J connectivity index is 1.40. The Kier molecular flexibility index (Phi) is 7.50. The first kappa shape index (κ1) is 25.2. The minimum atomic E-state index is 0.0721. The average molecular weight is 490 g/mol. The van der Waals surface area contributed by atoms with E-state index in [-0.39, 0.29) is 11.1 Å². The van der Waals surface area contributed by atoms with Gasteiger partial charge in [0.15, 0.2) is 0 Å². The van der Waals surface area contributed by atoms with E-state index in [9.17, 15) is 0 Å². The fourth-order valence-corrected chi connectivity index (χ4v) is 5.73. The molecule has 2 aromatic carbocycles. The van der Waals surface area contributed by atoms with Crippen LogP contribution in [0.4, 0.5) is 5.95 Å². The molecular weight excluding hydrogens is 454 g/mol. The third kappa shape index (κ3) is 6.84. The van der Waals surface area contributed by atoms with Gasteiger partial charge in [0, 0.05) is 28.2 Å². The molecule has 0 radical (unpaired) electrons. The Hall–Kier alpha value is -2.87. The summed E-state index contributed by atoms with van der Waals surface area (Å²) in [4.78, 5) is 15.3. The van der Waals surface area contributed by atoms with Crippen molar-refractivity contribution in [1.29, 1.82) is 0 Å². The Bertz CT molecular complexity index is 1140. The summed E-state index contributed by atoms with van der Waals surface area (Å²) in [7, 11) is 1.58. The van der Waals surface area contributed by atoms with Crippen molar-refractivity contribution in [3.05, 3.63) is 72.9 Å². The molecule has 0 amide bonds. The number of nitrogens with zero attached hydrogens (tertiary/aromatic N) is 2. The fraction of sp³-hybridized carbons (Fsp3) is 0.357. The van der Waals surface area contributed by atoms with Crippen molar-refractivity contribution >= 4 is 23.4 Å². The van der Waals surface area contributed by atoms with Crippen LogP contribution in [0.5, 0.6) is 0 Å². The van der Waals surface area contributed by atoms with Gasteiger partial charge in [-0.2, -0.15) is 0 Å². The monoisotopic (exact) mass is 489 g/mol. The van der Waals surface area contributed by atoms with Gasteiger partial charge in [-0.1, -0.05) is 54.7 Å². The van der Waals surface area contributed by atoms with Gasteiger partial charge in [0.2, 0.25) is 5.95 Å². The van der Waals surface area contributed by atoms with Crippen molar-refractivity contribution in [2.45, 2.75) is 67.6 Å². The first-order valence-electron chi connectivity index (χ1n) is 11.9. The van der Waals surface area contributed by atoms with Crippen LogP contribution in [0.15, 0.2) is 77.3 Å². The third-order valence-electron chi connectivity index (χ3n) is 6.02. The molecule has 3 aromatic rings. The van der Waals surface area contributed by atoms with E-state index in [0.29, 0.717) is 12.0 Å². The van der Waals surface area contributed by atoms with E-state index in [4.69, 9.17) is 9.82 Å². The van der Waals surface area contributed by atoms with Crippen LogP contribution >= 0.6 is 11.8 Å². The van der Waals surface area contributed by atoms with Crippen molar-refractivity contribution in [3.8, 4) is 11.1 Å². The van der Waals surface area contributed by atoms with E-state index in [1.165, 1.54) is 0 Å². The van der Waals surface area contributed by atoms with Gasteiger partial charge in [0.25, 0.3) is 0 Å².